The Balaban J connectivity index is -0.00000146. The lowest BCUT2D eigenvalue weighted by Gasteiger charge is -2.21. The molecule has 0 bridgehead atoms. The molecule has 7 nitrogen and oxygen atoms in total. The lowest BCUT2D eigenvalue weighted by Crippen LogP contribution is -2.43. The van der Waals surface area contributed by atoms with Crippen molar-refractivity contribution >= 4 is 23.9 Å². The standard InChI is InChI=1S/C16H29N3O4.2H2/c1-4-14(21)13(7-11-20)6-8-18-15(22)12-19(10-9-17-3)16(23)5-2;;/h11,13,17H,4-10,12H2,1-3H3,(H,18,22);2*1H/i11T;2*1+2T. The number of likely N-dealkylation sites (N-methyl/N-ethyl adjacent to an activating group) is 1. The molecule has 0 aromatic carbocycles. The Hall–Kier alpha value is -1.76. The molecule has 0 heterocycles. The maximum atomic E-state index is 12.0. The number of hydrogen-bond donors (Lipinski definition) is 2. The normalized spacial score (nSPS) is 12.9. The minimum atomic E-state index is -0.778. The van der Waals surface area contributed by atoms with Crippen LogP contribution in [-0.4, -0.2) is 62.0 Å². The number of amides is 2. The molecule has 2 N–H and O–H groups in total. The van der Waals surface area contributed by atoms with E-state index in [1.54, 1.807) is 20.9 Å². The topological polar surface area (TPSA) is 95.6 Å². The maximum absolute atomic E-state index is 12.0. The minimum Gasteiger partial charge on any atom is -0.355 e. The molecule has 0 aliphatic heterocycles. The summed E-state index contributed by atoms with van der Waals surface area (Å²) in [6, 6.07) is 0. The van der Waals surface area contributed by atoms with Crippen LogP contribution in [0.25, 0.3) is 0 Å². The van der Waals surface area contributed by atoms with Gasteiger partial charge in [0.1, 0.15) is 13.4 Å². The van der Waals surface area contributed by atoms with Gasteiger partial charge in [-0.3, -0.25) is 14.4 Å². The summed E-state index contributed by atoms with van der Waals surface area (Å²) in [6.07, 6.45) is 0.0523. The van der Waals surface area contributed by atoms with Crippen molar-refractivity contribution in [3.8, 4) is 0 Å². The van der Waals surface area contributed by atoms with Gasteiger partial charge in [-0.2, -0.15) is 0 Å². The van der Waals surface area contributed by atoms with E-state index in [4.69, 9.17) is 7.31 Å². The Morgan fingerprint density at radius 2 is 2.00 bits per heavy atom. The van der Waals surface area contributed by atoms with Crippen LogP contribution in [0.3, 0.4) is 0 Å². The first-order chi connectivity index (χ1) is 13.3. The quantitative estimate of drug-likeness (QED) is 0.479. The summed E-state index contributed by atoms with van der Waals surface area (Å²) in [5, 5.41) is 5.61. The second-order valence-corrected chi connectivity index (χ2v) is 5.28. The van der Waals surface area contributed by atoms with E-state index in [2.05, 4.69) is 10.6 Å². The molecule has 0 aliphatic rings. The molecule has 0 saturated carbocycles. The molecule has 0 rings (SSSR count). The molecule has 0 saturated heterocycles. The number of aldehydes is 1. The summed E-state index contributed by atoms with van der Waals surface area (Å²) >= 11 is 0. The summed E-state index contributed by atoms with van der Waals surface area (Å²) < 4.78 is 27.0. The number of carbonyl (C=O) groups is 4. The molecule has 23 heavy (non-hydrogen) atoms. The molecule has 0 aliphatic carbocycles. The molecule has 0 spiro atoms. The minimum absolute atomic E-state index is 0.0296. The van der Waals surface area contributed by atoms with Crippen LogP contribution < -0.4 is 10.6 Å². The second kappa shape index (κ2) is 12.8. The number of ketones is 1. The third-order valence-electron chi connectivity index (χ3n) is 3.57. The van der Waals surface area contributed by atoms with Crippen molar-refractivity contribution in [3.05, 3.63) is 0 Å². The zero-order valence-electron chi connectivity index (χ0n) is 19.3. The van der Waals surface area contributed by atoms with Gasteiger partial charge >= 0.3 is 0 Å². The molecule has 0 radical (unpaired) electrons. The number of hydrogen-bond acceptors (Lipinski definition) is 5. The van der Waals surface area contributed by atoms with Gasteiger partial charge in [0.15, 0.2) is 0 Å². The van der Waals surface area contributed by atoms with Gasteiger partial charge in [0.2, 0.25) is 11.8 Å². The van der Waals surface area contributed by atoms with Crippen molar-refractivity contribution in [2.75, 3.05) is 33.2 Å². The molecule has 7 heteroatoms. The van der Waals surface area contributed by atoms with E-state index in [1.807, 2.05) is 0 Å². The number of nitrogens with zero attached hydrogens (tertiary/aromatic N) is 1. The SMILES string of the molecule is [3H]C(=O)CC(CCNC(=O)CN(CCNC)C(=O)CC)C(=O)CC.[3H][3H].[3H][3H]. The summed E-state index contributed by atoms with van der Waals surface area (Å²) in [5.41, 5.74) is 0. The van der Waals surface area contributed by atoms with Crippen molar-refractivity contribution in [1.82, 2.24) is 15.5 Å². The molecule has 0 fully saturated rings. The average molecular weight is 341 g/mol. The first-order valence-corrected chi connectivity index (χ1v) is 8.06. The van der Waals surface area contributed by atoms with E-state index < -0.39 is 12.2 Å². The smallest absolute Gasteiger partial charge is 0.239 e. The molecule has 136 valence electrons. The van der Waals surface area contributed by atoms with Gasteiger partial charge in [-0.15, -0.1) is 0 Å². The molecule has 2 amide bonds. The van der Waals surface area contributed by atoms with Crippen molar-refractivity contribution in [3.63, 3.8) is 0 Å². The zero-order valence-corrected chi connectivity index (χ0v) is 14.3. The van der Waals surface area contributed by atoms with E-state index in [0.29, 0.717) is 32.4 Å². The molecule has 0 aromatic heterocycles. The van der Waals surface area contributed by atoms with Crippen LogP contribution in [-0.2, 0) is 19.2 Å². The van der Waals surface area contributed by atoms with Gasteiger partial charge in [-0.25, -0.2) is 0 Å². The van der Waals surface area contributed by atoms with Crippen LogP contribution in [0.1, 0.15) is 46.8 Å². The Labute approximate surface area is 145 Å². The van der Waals surface area contributed by atoms with E-state index in [0.717, 1.165) is 0 Å². The Bertz CT molecular complexity index is 456. The lowest BCUT2D eigenvalue weighted by atomic mass is 9.95. The predicted molar refractivity (Wildman–Crippen MR) is 92.1 cm³/mol. The molecule has 0 aromatic rings. The van der Waals surface area contributed by atoms with Gasteiger partial charge in [-0.1, -0.05) is 13.8 Å². The molecule has 1 atom stereocenters. The van der Waals surface area contributed by atoms with Gasteiger partial charge < -0.3 is 20.3 Å². The van der Waals surface area contributed by atoms with Crippen LogP contribution >= 0.6 is 0 Å². The first kappa shape index (κ1) is 16.1. The number of rotatable bonds is 13. The zero-order chi connectivity index (χ0) is 22.5. The van der Waals surface area contributed by atoms with Gasteiger partial charge in [0.05, 0.1) is 6.54 Å². The summed E-state index contributed by atoms with van der Waals surface area (Å²) in [7, 11) is 1.77. The largest absolute Gasteiger partial charge is 0.355 e. The van der Waals surface area contributed by atoms with Crippen LogP contribution in [0.2, 0.25) is 0 Å². The first-order valence-electron chi connectivity index (χ1n) is 10.6. The molecular weight excluding hydrogens is 298 g/mol. The third kappa shape index (κ3) is 9.07. The fourth-order valence-electron chi connectivity index (χ4n) is 2.14. The van der Waals surface area contributed by atoms with Crippen molar-refractivity contribution in [1.29, 1.82) is 0 Å². The van der Waals surface area contributed by atoms with Crippen molar-refractivity contribution in [2.45, 2.75) is 39.5 Å². The monoisotopic (exact) mass is 341 g/mol. The lowest BCUT2D eigenvalue weighted by molar-refractivity contribution is -0.135. The average Bonchev–Trinajstić information content (AvgIpc) is 2.71. The fourth-order valence-corrected chi connectivity index (χ4v) is 2.14. The van der Waals surface area contributed by atoms with E-state index >= 15 is 0 Å². The number of carbonyl (C=O) groups excluding carboxylic acids is 4. The van der Waals surface area contributed by atoms with E-state index in [-0.39, 0.29) is 37.1 Å². The highest BCUT2D eigenvalue weighted by atomic mass is 16.2. The van der Waals surface area contributed by atoms with Crippen molar-refractivity contribution in [2.24, 2.45) is 5.92 Å². The third-order valence-corrected chi connectivity index (χ3v) is 3.57. The van der Waals surface area contributed by atoms with Crippen LogP contribution in [0.15, 0.2) is 0 Å². The van der Waals surface area contributed by atoms with Crippen LogP contribution in [0.4, 0.5) is 0 Å². The van der Waals surface area contributed by atoms with E-state index in [1.165, 1.54) is 4.90 Å². The highest BCUT2D eigenvalue weighted by Gasteiger charge is 2.18. The Morgan fingerprint density at radius 3 is 2.52 bits per heavy atom. The van der Waals surface area contributed by atoms with E-state index in [9.17, 15) is 19.2 Å². The van der Waals surface area contributed by atoms with Gasteiger partial charge in [0.25, 0.3) is 0 Å². The van der Waals surface area contributed by atoms with Gasteiger partial charge in [0, 0.05) is 50.8 Å². The molecular formula is C16H33N3O4. The predicted octanol–water partition coefficient (Wildman–Crippen LogP) is 0.627. The fraction of sp³-hybridized carbons (Fsp3) is 0.750. The second-order valence-electron chi connectivity index (χ2n) is 5.28. The van der Waals surface area contributed by atoms with Crippen LogP contribution in [0.5, 0.6) is 0 Å². The van der Waals surface area contributed by atoms with Gasteiger partial charge in [-0.05, 0) is 13.5 Å². The summed E-state index contributed by atoms with van der Waals surface area (Å²) in [6.45, 7) is 4.70. The summed E-state index contributed by atoms with van der Waals surface area (Å²) in [4.78, 5) is 47.9. The summed E-state index contributed by atoms with van der Waals surface area (Å²) in [5.74, 6) is -1.01. The molecule has 1 unspecified atom stereocenters. The van der Waals surface area contributed by atoms with Crippen molar-refractivity contribution < 1.29 is 26.5 Å². The van der Waals surface area contributed by atoms with Crippen LogP contribution in [0, 0.1) is 5.92 Å². The number of Topliss-reactive ketones (excluding diaryl/α,β-unsaturated/α-hetero) is 1. The highest BCUT2D eigenvalue weighted by Crippen LogP contribution is 2.10. The number of nitrogens with one attached hydrogen (secondary N) is 2. The Morgan fingerprint density at radius 1 is 1.30 bits per heavy atom. The highest BCUT2D eigenvalue weighted by molar-refractivity contribution is 5.85. The Kier molecular flexibility index (Phi) is 8.93. The maximum Gasteiger partial charge on any atom is 0.239 e.